The average Bonchev–Trinajstić information content (AvgIpc) is 2.96. The summed E-state index contributed by atoms with van der Waals surface area (Å²) in [5.74, 6) is 1.26. The summed E-state index contributed by atoms with van der Waals surface area (Å²) < 4.78 is 2.16. The van der Waals surface area contributed by atoms with Crippen LogP contribution in [-0.4, -0.2) is 21.5 Å². The number of carbonyl (C=O) groups excluding carboxylic acids is 1. The third kappa shape index (κ3) is 2.87. The molecule has 100 valence electrons. The number of imidazole rings is 1. The number of rotatable bonds is 3. The molecule has 5 heteroatoms. The van der Waals surface area contributed by atoms with Gasteiger partial charge in [0.05, 0.1) is 12.1 Å². The second kappa shape index (κ2) is 5.17. The van der Waals surface area contributed by atoms with Crippen molar-refractivity contribution in [2.24, 2.45) is 0 Å². The van der Waals surface area contributed by atoms with E-state index in [0.717, 1.165) is 35.8 Å². The average molecular weight is 275 g/mol. The van der Waals surface area contributed by atoms with Gasteiger partial charge in [-0.3, -0.25) is 4.79 Å². The van der Waals surface area contributed by atoms with Gasteiger partial charge < -0.3 is 9.88 Å². The number of hydrogen-bond acceptors (Lipinski definition) is 3. The molecule has 1 N–H and O–H groups in total. The van der Waals surface area contributed by atoms with Crippen LogP contribution >= 0.6 is 11.3 Å². The van der Waals surface area contributed by atoms with E-state index in [4.69, 9.17) is 0 Å². The summed E-state index contributed by atoms with van der Waals surface area (Å²) in [5, 5.41) is 5.13. The normalized spacial score (nSPS) is 18.1. The second-order valence-electron chi connectivity index (χ2n) is 5.01. The first-order valence-corrected chi connectivity index (χ1v) is 7.43. The number of aryl methyl sites for hydroxylation is 2. The lowest BCUT2D eigenvalue weighted by Gasteiger charge is -2.24. The van der Waals surface area contributed by atoms with Crippen molar-refractivity contribution in [3.05, 3.63) is 40.1 Å². The molecule has 0 unspecified atom stereocenters. The van der Waals surface area contributed by atoms with Crippen molar-refractivity contribution in [2.75, 3.05) is 0 Å². The summed E-state index contributed by atoms with van der Waals surface area (Å²) in [4.78, 5) is 17.6. The van der Waals surface area contributed by atoms with Crippen LogP contribution < -0.4 is 5.32 Å². The zero-order valence-corrected chi connectivity index (χ0v) is 11.7. The van der Waals surface area contributed by atoms with Gasteiger partial charge in [-0.1, -0.05) is 6.07 Å². The number of hydrogen-bond donors (Lipinski definition) is 1. The maximum atomic E-state index is 12.0. The highest BCUT2D eigenvalue weighted by atomic mass is 32.1. The Morgan fingerprint density at radius 1 is 1.63 bits per heavy atom. The molecule has 4 nitrogen and oxygen atoms in total. The fourth-order valence-electron chi connectivity index (χ4n) is 2.55. The molecule has 1 aliphatic rings. The molecule has 1 aliphatic heterocycles. The molecule has 0 fully saturated rings. The van der Waals surface area contributed by atoms with Crippen molar-refractivity contribution in [1.82, 2.24) is 14.9 Å². The van der Waals surface area contributed by atoms with Gasteiger partial charge in [-0.15, -0.1) is 11.3 Å². The van der Waals surface area contributed by atoms with Crippen molar-refractivity contribution in [3.63, 3.8) is 0 Å². The number of amides is 1. The van der Waals surface area contributed by atoms with Crippen LogP contribution in [0.25, 0.3) is 0 Å². The molecule has 1 atom stereocenters. The molecular weight excluding hydrogens is 258 g/mol. The molecule has 2 aromatic rings. The Morgan fingerprint density at radius 3 is 3.32 bits per heavy atom. The lowest BCUT2D eigenvalue weighted by molar-refractivity contribution is -0.121. The Hall–Kier alpha value is -1.62. The summed E-state index contributed by atoms with van der Waals surface area (Å²) in [6.07, 6.45) is 4.47. The van der Waals surface area contributed by atoms with Gasteiger partial charge in [0.15, 0.2) is 0 Å². The minimum absolute atomic E-state index is 0.118. The minimum Gasteiger partial charge on any atom is -0.351 e. The maximum Gasteiger partial charge on any atom is 0.225 e. The summed E-state index contributed by atoms with van der Waals surface area (Å²) in [6, 6.07) is 4.21. The van der Waals surface area contributed by atoms with E-state index in [1.165, 1.54) is 0 Å². The van der Waals surface area contributed by atoms with E-state index in [0.29, 0.717) is 6.42 Å². The van der Waals surface area contributed by atoms with Crippen molar-refractivity contribution >= 4 is 17.2 Å². The lowest BCUT2D eigenvalue weighted by atomic mass is 10.1. The van der Waals surface area contributed by atoms with E-state index < -0.39 is 0 Å². The topological polar surface area (TPSA) is 46.9 Å². The van der Waals surface area contributed by atoms with Crippen LogP contribution in [0.3, 0.4) is 0 Å². The second-order valence-corrected chi connectivity index (χ2v) is 6.04. The molecule has 0 saturated heterocycles. The SMILES string of the molecule is Cc1cn2c(n1)CC[C@@H](NC(=O)Cc1cccs1)C2. The zero-order valence-electron chi connectivity index (χ0n) is 10.9. The monoisotopic (exact) mass is 275 g/mol. The predicted molar refractivity (Wildman–Crippen MR) is 75.2 cm³/mol. The fourth-order valence-corrected chi connectivity index (χ4v) is 3.26. The summed E-state index contributed by atoms with van der Waals surface area (Å²) in [5.41, 5.74) is 1.06. The van der Waals surface area contributed by atoms with Crippen LogP contribution in [-0.2, 0) is 24.2 Å². The predicted octanol–water partition coefficient (Wildman–Crippen LogP) is 1.93. The fraction of sp³-hybridized carbons (Fsp3) is 0.429. The van der Waals surface area contributed by atoms with Crippen LogP contribution in [0.15, 0.2) is 23.7 Å². The molecule has 0 spiro atoms. The molecule has 0 bridgehead atoms. The smallest absolute Gasteiger partial charge is 0.225 e. The molecule has 0 radical (unpaired) electrons. The summed E-state index contributed by atoms with van der Waals surface area (Å²) >= 11 is 1.63. The molecule has 0 saturated carbocycles. The molecular formula is C14H17N3OS. The van der Waals surface area contributed by atoms with Crippen LogP contribution in [0.4, 0.5) is 0 Å². The maximum absolute atomic E-state index is 12.0. The Bertz CT molecular complexity index is 574. The number of carbonyl (C=O) groups is 1. The van der Waals surface area contributed by atoms with Crippen molar-refractivity contribution in [2.45, 2.75) is 38.8 Å². The number of thiophene rings is 1. The van der Waals surface area contributed by atoms with Crippen LogP contribution in [0.5, 0.6) is 0 Å². The highest BCUT2D eigenvalue weighted by Gasteiger charge is 2.21. The summed E-state index contributed by atoms with van der Waals surface area (Å²) in [7, 11) is 0. The largest absolute Gasteiger partial charge is 0.351 e. The van der Waals surface area contributed by atoms with E-state index in [2.05, 4.69) is 21.1 Å². The summed E-state index contributed by atoms with van der Waals surface area (Å²) in [6.45, 7) is 2.85. The minimum atomic E-state index is 0.118. The van der Waals surface area contributed by atoms with Gasteiger partial charge in [-0.25, -0.2) is 4.98 Å². The van der Waals surface area contributed by atoms with Gasteiger partial charge in [0.1, 0.15) is 5.82 Å². The van der Waals surface area contributed by atoms with E-state index >= 15 is 0 Å². The first-order valence-electron chi connectivity index (χ1n) is 6.55. The number of aromatic nitrogens is 2. The van der Waals surface area contributed by atoms with Crippen molar-refractivity contribution in [3.8, 4) is 0 Å². The van der Waals surface area contributed by atoms with E-state index in [9.17, 15) is 4.79 Å². The Kier molecular flexibility index (Phi) is 3.38. The van der Waals surface area contributed by atoms with Gasteiger partial charge >= 0.3 is 0 Å². The van der Waals surface area contributed by atoms with E-state index in [1.807, 2.05) is 24.4 Å². The molecule has 0 aromatic carbocycles. The molecule has 19 heavy (non-hydrogen) atoms. The lowest BCUT2D eigenvalue weighted by Crippen LogP contribution is -2.41. The molecule has 3 rings (SSSR count). The third-order valence-electron chi connectivity index (χ3n) is 3.39. The standard InChI is InChI=1S/C14H17N3OS/c1-10-8-17-9-11(4-5-13(17)15-10)16-14(18)7-12-3-2-6-19-12/h2-3,6,8,11H,4-5,7,9H2,1H3,(H,16,18)/t11-/m1/s1. The highest BCUT2D eigenvalue weighted by Crippen LogP contribution is 2.15. The van der Waals surface area contributed by atoms with E-state index in [-0.39, 0.29) is 11.9 Å². The van der Waals surface area contributed by atoms with Crippen LogP contribution in [0.2, 0.25) is 0 Å². The number of nitrogens with one attached hydrogen (secondary N) is 1. The number of nitrogens with zero attached hydrogens (tertiary/aromatic N) is 2. The van der Waals surface area contributed by atoms with Crippen molar-refractivity contribution < 1.29 is 4.79 Å². The van der Waals surface area contributed by atoms with Gasteiger partial charge in [0.25, 0.3) is 0 Å². The van der Waals surface area contributed by atoms with Crippen LogP contribution in [0.1, 0.15) is 22.8 Å². The highest BCUT2D eigenvalue weighted by molar-refractivity contribution is 7.10. The molecule has 3 heterocycles. The Labute approximate surface area is 116 Å². The van der Waals surface area contributed by atoms with Gasteiger partial charge in [-0.05, 0) is 24.8 Å². The zero-order chi connectivity index (χ0) is 13.2. The first-order chi connectivity index (χ1) is 9.20. The Morgan fingerprint density at radius 2 is 2.53 bits per heavy atom. The number of fused-ring (bicyclic) bond motifs is 1. The van der Waals surface area contributed by atoms with Gasteiger partial charge in [-0.2, -0.15) is 0 Å². The van der Waals surface area contributed by atoms with Gasteiger partial charge in [0.2, 0.25) is 5.91 Å². The molecule has 0 aliphatic carbocycles. The van der Waals surface area contributed by atoms with Gasteiger partial charge in [0, 0.05) is 30.1 Å². The third-order valence-corrected chi connectivity index (χ3v) is 4.27. The van der Waals surface area contributed by atoms with Crippen molar-refractivity contribution in [1.29, 1.82) is 0 Å². The van der Waals surface area contributed by atoms with Crippen LogP contribution in [0, 0.1) is 6.92 Å². The molecule has 1 amide bonds. The quantitative estimate of drug-likeness (QED) is 0.930. The van der Waals surface area contributed by atoms with E-state index in [1.54, 1.807) is 11.3 Å². The first kappa shape index (κ1) is 12.4. The Balaban J connectivity index is 1.58. The molecule has 2 aromatic heterocycles.